The van der Waals surface area contributed by atoms with Gasteiger partial charge in [-0.1, -0.05) is 23.2 Å². The molecule has 0 saturated carbocycles. The zero-order valence-corrected chi connectivity index (χ0v) is 17.3. The number of hydrogen-bond acceptors (Lipinski definition) is 4. The van der Waals surface area contributed by atoms with Crippen LogP contribution in [0.25, 0.3) is 21.9 Å². The number of carbonyl (C=O) groups is 1. The molecular weight excluding hydrogens is 498 g/mol. The maximum atomic E-state index is 13.2. The molecule has 0 fully saturated rings. The lowest BCUT2D eigenvalue weighted by molar-refractivity contribution is -0.137. The normalized spacial score (nSPS) is 12.0. The monoisotopic (exact) mass is 506 g/mol. The van der Waals surface area contributed by atoms with Gasteiger partial charge in [0.1, 0.15) is 10.9 Å². The number of amides is 1. The molecule has 33 heavy (non-hydrogen) atoms. The van der Waals surface area contributed by atoms with Crippen molar-refractivity contribution in [3.8, 4) is 5.75 Å². The Morgan fingerprint density at radius 2 is 1.79 bits per heavy atom. The maximum Gasteiger partial charge on any atom is 0.416 e. The minimum atomic E-state index is -4.71. The summed E-state index contributed by atoms with van der Waals surface area (Å²) >= 11 is 11.9. The Labute approximate surface area is 190 Å². The van der Waals surface area contributed by atoms with Gasteiger partial charge in [-0.05, 0) is 30.3 Å². The number of furan rings is 1. The molecule has 0 spiro atoms. The number of carbonyl (C=O) groups excluding carboxylic acids is 1. The van der Waals surface area contributed by atoms with E-state index in [1.807, 2.05) is 0 Å². The minimum absolute atomic E-state index is 0.102. The summed E-state index contributed by atoms with van der Waals surface area (Å²) in [5.74, 6) is -1.50. The predicted molar refractivity (Wildman–Crippen MR) is 107 cm³/mol. The Balaban J connectivity index is 2.02. The standard InChI is InChI=1S/C20H9Cl2F5N2O4/c21-11-6-29(31)7-12(22)16(11)28-18(30)9-2-4-14(33-19(23)24)17-15(9)10-5-8(20(25,26)27)1-3-13(10)32-17/h1-7,19,31H. The van der Waals surface area contributed by atoms with Gasteiger partial charge in [-0.3, -0.25) is 4.79 Å². The van der Waals surface area contributed by atoms with Gasteiger partial charge in [0, 0.05) is 10.8 Å². The Bertz CT molecular complexity index is 1450. The molecule has 1 N–H and O–H groups in total. The van der Waals surface area contributed by atoms with Crippen LogP contribution in [0.1, 0.15) is 15.9 Å². The van der Waals surface area contributed by atoms with Crippen molar-refractivity contribution in [3.63, 3.8) is 0 Å². The smallest absolute Gasteiger partial charge is 0.416 e. The van der Waals surface area contributed by atoms with Crippen LogP contribution >= 0.6 is 23.2 Å². The number of alkyl halides is 5. The molecule has 13 heteroatoms. The zero-order valence-electron chi connectivity index (χ0n) is 15.8. The van der Waals surface area contributed by atoms with Crippen LogP contribution in [-0.4, -0.2) is 22.5 Å². The van der Waals surface area contributed by atoms with E-state index in [1.165, 1.54) is 0 Å². The van der Waals surface area contributed by atoms with Gasteiger partial charge < -0.3 is 14.4 Å². The highest BCUT2D eigenvalue weighted by Crippen LogP contribution is 2.40. The molecule has 0 aliphatic heterocycles. The Kier molecular flexibility index (Phi) is 5.71. The summed E-state index contributed by atoms with van der Waals surface area (Å²) in [7, 11) is 0. The van der Waals surface area contributed by atoms with Gasteiger partial charge in [0.2, 0.25) is 0 Å². The van der Waals surface area contributed by atoms with E-state index in [1.54, 1.807) is 0 Å². The third kappa shape index (κ3) is 4.33. The number of rotatable bonds is 3. The van der Waals surface area contributed by atoms with Crippen LogP contribution in [0, 0.1) is 0 Å². The largest absolute Gasteiger partial charge is 0.452 e. The van der Waals surface area contributed by atoms with Crippen molar-refractivity contribution in [2.24, 2.45) is 4.99 Å². The van der Waals surface area contributed by atoms with Gasteiger partial charge in [-0.15, -0.1) is 0 Å². The molecule has 2 aromatic carbocycles. The van der Waals surface area contributed by atoms with Crippen LogP contribution in [0.5, 0.6) is 5.75 Å². The first kappa shape index (κ1) is 22.9. The second-order valence-electron chi connectivity index (χ2n) is 6.60. The van der Waals surface area contributed by atoms with Crippen molar-refractivity contribution < 1.29 is 41.1 Å². The summed E-state index contributed by atoms with van der Waals surface area (Å²) in [6.45, 7) is -3.26. The molecule has 4 rings (SSSR count). The number of hydrogen-bond donors (Lipinski definition) is 1. The van der Waals surface area contributed by atoms with Gasteiger partial charge in [-0.2, -0.15) is 26.7 Å². The van der Waals surface area contributed by atoms with Crippen molar-refractivity contribution >= 4 is 51.0 Å². The van der Waals surface area contributed by atoms with Crippen LogP contribution < -0.4 is 10.1 Å². The number of halogens is 7. The zero-order chi connectivity index (χ0) is 24.1. The lowest BCUT2D eigenvalue weighted by atomic mass is 10.0. The van der Waals surface area contributed by atoms with Crippen LogP contribution in [0.3, 0.4) is 0 Å². The molecule has 0 unspecified atom stereocenters. The van der Waals surface area contributed by atoms with Crippen LogP contribution in [0.4, 0.5) is 22.0 Å². The molecule has 1 amide bonds. The first-order valence-corrected chi connectivity index (χ1v) is 9.58. The van der Waals surface area contributed by atoms with Crippen molar-refractivity contribution in [1.29, 1.82) is 0 Å². The molecule has 0 bridgehead atoms. The van der Waals surface area contributed by atoms with E-state index in [0.29, 0.717) is 4.73 Å². The summed E-state index contributed by atoms with van der Waals surface area (Å²) in [4.78, 5) is 16.8. The Morgan fingerprint density at radius 1 is 1.12 bits per heavy atom. The molecule has 172 valence electrons. The number of fused-ring (bicyclic) bond motifs is 3. The Hall–Kier alpha value is -3.31. The molecule has 0 aliphatic rings. The summed E-state index contributed by atoms with van der Waals surface area (Å²) in [6, 6.07) is 4.53. The fourth-order valence-corrected chi connectivity index (χ4v) is 3.71. The SMILES string of the molecule is O=C(N=c1c(Cl)cn(O)cc1Cl)c1ccc(OC(F)F)c2oc3ccc(C(F)(F)F)cc3c12. The van der Waals surface area contributed by atoms with Crippen molar-refractivity contribution in [3.05, 3.63) is 69.3 Å². The Morgan fingerprint density at radius 3 is 2.39 bits per heavy atom. The molecule has 0 atom stereocenters. The van der Waals surface area contributed by atoms with Gasteiger partial charge in [-0.25, -0.2) is 4.99 Å². The quantitative estimate of drug-likeness (QED) is 0.261. The van der Waals surface area contributed by atoms with Crippen molar-refractivity contribution in [2.45, 2.75) is 12.8 Å². The second kappa shape index (κ2) is 8.23. The summed E-state index contributed by atoms with van der Waals surface area (Å²) < 4.78 is 75.8. The molecule has 0 saturated heterocycles. The highest BCUT2D eigenvalue weighted by Gasteiger charge is 2.32. The highest BCUT2D eigenvalue weighted by molar-refractivity contribution is 6.34. The van der Waals surface area contributed by atoms with Crippen molar-refractivity contribution in [2.75, 3.05) is 0 Å². The maximum absolute atomic E-state index is 13.2. The average molecular weight is 507 g/mol. The van der Waals surface area contributed by atoms with Gasteiger partial charge in [0.25, 0.3) is 5.91 Å². The van der Waals surface area contributed by atoms with E-state index in [-0.39, 0.29) is 42.9 Å². The topological polar surface area (TPSA) is 77.0 Å². The lowest BCUT2D eigenvalue weighted by Gasteiger charge is -2.07. The van der Waals surface area contributed by atoms with Crippen molar-refractivity contribution in [1.82, 2.24) is 4.73 Å². The third-order valence-electron chi connectivity index (χ3n) is 4.51. The molecule has 2 aromatic heterocycles. The molecule has 2 heterocycles. The predicted octanol–water partition coefficient (Wildman–Crippen LogP) is 6.29. The van der Waals surface area contributed by atoms with Crippen LogP contribution in [-0.2, 0) is 6.18 Å². The van der Waals surface area contributed by atoms with E-state index in [2.05, 4.69) is 9.73 Å². The number of benzene rings is 2. The van der Waals surface area contributed by atoms with Gasteiger partial charge in [0.15, 0.2) is 11.3 Å². The molecular formula is C20H9Cl2F5N2O4. The van der Waals surface area contributed by atoms with E-state index < -0.39 is 30.0 Å². The third-order valence-corrected chi connectivity index (χ3v) is 5.07. The summed E-state index contributed by atoms with van der Waals surface area (Å²) in [5, 5.41) is 8.41. The van der Waals surface area contributed by atoms with E-state index >= 15 is 0 Å². The van der Waals surface area contributed by atoms with E-state index in [9.17, 15) is 32.0 Å². The second-order valence-corrected chi connectivity index (χ2v) is 7.42. The number of nitrogens with zero attached hydrogens (tertiary/aromatic N) is 2. The average Bonchev–Trinajstić information content (AvgIpc) is 3.09. The highest BCUT2D eigenvalue weighted by atomic mass is 35.5. The van der Waals surface area contributed by atoms with E-state index in [0.717, 1.165) is 42.7 Å². The molecule has 4 aromatic rings. The van der Waals surface area contributed by atoms with Gasteiger partial charge >= 0.3 is 12.8 Å². The van der Waals surface area contributed by atoms with E-state index in [4.69, 9.17) is 27.6 Å². The molecule has 6 nitrogen and oxygen atoms in total. The first-order chi connectivity index (χ1) is 15.5. The molecule has 0 aliphatic carbocycles. The van der Waals surface area contributed by atoms with Crippen LogP contribution in [0.15, 0.2) is 52.1 Å². The number of aromatic nitrogens is 1. The van der Waals surface area contributed by atoms with Gasteiger partial charge in [0.05, 0.1) is 33.6 Å². The summed E-state index contributed by atoms with van der Waals surface area (Å²) in [6.07, 6.45) is -2.72. The lowest BCUT2D eigenvalue weighted by Crippen LogP contribution is -2.13. The molecule has 0 radical (unpaired) electrons. The fourth-order valence-electron chi connectivity index (χ4n) is 3.17. The number of ether oxygens (including phenoxy) is 1. The number of pyridine rings is 1. The fraction of sp³-hybridized carbons (Fsp3) is 0.100. The van der Waals surface area contributed by atoms with Crippen LogP contribution in [0.2, 0.25) is 10.0 Å². The minimum Gasteiger partial charge on any atom is -0.452 e. The summed E-state index contributed by atoms with van der Waals surface area (Å²) in [5.41, 5.74) is -1.80. The first-order valence-electron chi connectivity index (χ1n) is 8.82.